The Labute approximate surface area is 63.0 Å². The summed E-state index contributed by atoms with van der Waals surface area (Å²) in [5.74, 6) is -4.02. The van der Waals surface area contributed by atoms with Crippen molar-refractivity contribution in [3.8, 4) is 0 Å². The van der Waals surface area contributed by atoms with Gasteiger partial charge in [-0.2, -0.15) is 0 Å². The van der Waals surface area contributed by atoms with E-state index >= 15 is 0 Å². The fourth-order valence-electron chi connectivity index (χ4n) is 1.91. The summed E-state index contributed by atoms with van der Waals surface area (Å²) in [6.45, 7) is 1.65. The lowest BCUT2D eigenvalue weighted by molar-refractivity contribution is -0.120. The first-order chi connectivity index (χ1) is 5.05. The Hall–Kier alpha value is -0.510. The largest absolute Gasteiger partial charge is 0.307 e. The molecule has 0 aromatic rings. The molecule has 1 heterocycles. The Kier molecular flexibility index (Phi) is 1.17. The quantitative estimate of drug-likeness (QED) is 0.604. The van der Waals surface area contributed by atoms with E-state index in [0.29, 0.717) is 6.54 Å². The molecule has 62 valence electrons. The number of fused-ring (bicyclic) bond motifs is 1. The van der Waals surface area contributed by atoms with E-state index in [2.05, 4.69) is 5.32 Å². The lowest BCUT2D eigenvalue weighted by Crippen LogP contribution is -2.36. The van der Waals surface area contributed by atoms with E-state index in [1.54, 1.807) is 0 Å². The van der Waals surface area contributed by atoms with Gasteiger partial charge in [0.2, 0.25) is 0 Å². The van der Waals surface area contributed by atoms with Crippen molar-refractivity contribution in [2.75, 3.05) is 6.54 Å². The summed E-state index contributed by atoms with van der Waals surface area (Å²) in [6.07, 6.45) is 0. The summed E-state index contributed by atoms with van der Waals surface area (Å²) in [5.41, 5.74) is 0. The van der Waals surface area contributed by atoms with E-state index in [0.717, 1.165) is 0 Å². The topological polar surface area (TPSA) is 29.1 Å². The number of rotatable bonds is 1. The van der Waals surface area contributed by atoms with Gasteiger partial charge < -0.3 is 5.32 Å². The maximum absolute atomic E-state index is 12.7. The molecule has 2 aliphatic rings. The fraction of sp³-hybridized carbons (Fsp3) is 0.857. The van der Waals surface area contributed by atoms with Gasteiger partial charge in [0.15, 0.2) is 0 Å². The van der Waals surface area contributed by atoms with Crippen LogP contribution in [0.4, 0.5) is 8.78 Å². The van der Waals surface area contributed by atoms with Crippen LogP contribution in [0.3, 0.4) is 0 Å². The maximum Gasteiger partial charge on any atom is 0.257 e. The van der Waals surface area contributed by atoms with E-state index in [9.17, 15) is 13.6 Å². The summed E-state index contributed by atoms with van der Waals surface area (Å²) in [7, 11) is 0. The molecular weight excluding hydrogens is 152 g/mol. The Morgan fingerprint density at radius 1 is 1.64 bits per heavy atom. The van der Waals surface area contributed by atoms with Gasteiger partial charge in [-0.05, 0) is 6.92 Å². The van der Waals surface area contributed by atoms with Gasteiger partial charge in [0.05, 0.1) is 12.0 Å². The number of ketones is 1. The summed E-state index contributed by atoms with van der Waals surface area (Å²) in [6, 6.07) is -0.588. The average molecular weight is 161 g/mol. The molecule has 1 aliphatic heterocycles. The summed E-state index contributed by atoms with van der Waals surface area (Å²) >= 11 is 0. The van der Waals surface area contributed by atoms with Crippen LogP contribution in [-0.2, 0) is 4.79 Å². The smallest absolute Gasteiger partial charge is 0.257 e. The molecule has 2 fully saturated rings. The molecule has 0 bridgehead atoms. The number of piperidine rings is 1. The Morgan fingerprint density at radius 2 is 2.27 bits per heavy atom. The summed E-state index contributed by atoms with van der Waals surface area (Å²) in [5, 5.41) is 2.78. The first-order valence-electron chi connectivity index (χ1n) is 3.67. The van der Waals surface area contributed by atoms with Crippen LogP contribution in [0.5, 0.6) is 0 Å². The molecular formula is C7H9F2NO. The molecule has 0 radical (unpaired) electrons. The number of halogens is 2. The lowest BCUT2D eigenvalue weighted by atomic mass is 10.1. The SMILES string of the molecule is CC(=O)[C@H]1NC[C@H]2[C@@H]1C2(F)F. The van der Waals surface area contributed by atoms with Crippen LogP contribution in [0.1, 0.15) is 6.92 Å². The van der Waals surface area contributed by atoms with Gasteiger partial charge in [-0.1, -0.05) is 0 Å². The minimum absolute atomic E-state index is 0.172. The third-order valence-electron chi connectivity index (χ3n) is 2.62. The summed E-state index contributed by atoms with van der Waals surface area (Å²) in [4.78, 5) is 10.8. The van der Waals surface area contributed by atoms with Gasteiger partial charge in [-0.25, -0.2) is 8.78 Å². The van der Waals surface area contributed by atoms with Crippen LogP contribution >= 0.6 is 0 Å². The number of hydrogen-bond donors (Lipinski definition) is 1. The van der Waals surface area contributed by atoms with Crippen LogP contribution in [0.2, 0.25) is 0 Å². The molecule has 1 N–H and O–H groups in total. The Bertz CT molecular complexity index is 216. The van der Waals surface area contributed by atoms with Crippen LogP contribution in [0.25, 0.3) is 0 Å². The highest BCUT2D eigenvalue weighted by Gasteiger charge is 2.74. The van der Waals surface area contributed by atoms with Crippen LogP contribution < -0.4 is 5.32 Å². The van der Waals surface area contributed by atoms with E-state index in [1.165, 1.54) is 6.92 Å². The van der Waals surface area contributed by atoms with Crippen molar-refractivity contribution >= 4 is 5.78 Å². The highest BCUT2D eigenvalue weighted by molar-refractivity contribution is 5.83. The molecule has 0 unspecified atom stereocenters. The number of hydrogen-bond acceptors (Lipinski definition) is 2. The van der Waals surface area contributed by atoms with Crippen molar-refractivity contribution < 1.29 is 13.6 Å². The second-order valence-electron chi connectivity index (χ2n) is 3.30. The van der Waals surface area contributed by atoms with Crippen molar-refractivity contribution in [1.29, 1.82) is 0 Å². The molecule has 4 heteroatoms. The molecule has 0 amide bonds. The third-order valence-corrected chi connectivity index (χ3v) is 2.62. The van der Waals surface area contributed by atoms with Crippen LogP contribution in [0, 0.1) is 11.8 Å². The number of nitrogens with one attached hydrogen (secondary N) is 1. The monoisotopic (exact) mass is 161 g/mol. The molecule has 0 aromatic carbocycles. The number of alkyl halides is 2. The van der Waals surface area contributed by atoms with Gasteiger partial charge in [-0.15, -0.1) is 0 Å². The molecule has 11 heavy (non-hydrogen) atoms. The Balaban J connectivity index is 2.13. The predicted molar refractivity (Wildman–Crippen MR) is 34.4 cm³/mol. The van der Waals surface area contributed by atoms with Crippen molar-refractivity contribution in [3.05, 3.63) is 0 Å². The normalized spacial score (nSPS) is 45.2. The number of Topliss-reactive ketones (excluding diaryl/α,β-unsaturated/α-hetero) is 1. The first kappa shape index (κ1) is 7.16. The molecule has 0 aromatic heterocycles. The van der Waals surface area contributed by atoms with Crippen molar-refractivity contribution in [3.63, 3.8) is 0 Å². The lowest BCUT2D eigenvalue weighted by Gasteiger charge is -2.11. The van der Waals surface area contributed by atoms with E-state index in [-0.39, 0.29) is 5.78 Å². The maximum atomic E-state index is 12.7. The molecule has 2 nitrogen and oxygen atoms in total. The fourth-order valence-corrected chi connectivity index (χ4v) is 1.91. The predicted octanol–water partition coefficient (Wildman–Crippen LogP) is 0.428. The van der Waals surface area contributed by atoms with Crippen molar-refractivity contribution in [2.45, 2.75) is 18.9 Å². The highest BCUT2D eigenvalue weighted by atomic mass is 19.3. The second kappa shape index (κ2) is 1.80. The van der Waals surface area contributed by atoms with E-state index in [1.807, 2.05) is 0 Å². The van der Waals surface area contributed by atoms with Gasteiger partial charge in [0.25, 0.3) is 5.92 Å². The van der Waals surface area contributed by atoms with E-state index < -0.39 is 23.8 Å². The molecule has 1 aliphatic carbocycles. The highest BCUT2D eigenvalue weighted by Crippen LogP contribution is 2.59. The van der Waals surface area contributed by atoms with Gasteiger partial charge in [0.1, 0.15) is 5.78 Å². The first-order valence-corrected chi connectivity index (χ1v) is 3.67. The standard InChI is InChI=1S/C7H9F2NO/c1-3(11)6-5-4(2-10-6)7(5,8)9/h4-6,10H,2H2,1H3/t4-,5-,6+/m0/s1. The van der Waals surface area contributed by atoms with Gasteiger partial charge in [0, 0.05) is 12.5 Å². The minimum Gasteiger partial charge on any atom is -0.307 e. The number of carbonyl (C=O) groups excluding carboxylic acids is 1. The zero-order valence-electron chi connectivity index (χ0n) is 6.10. The minimum atomic E-state index is -2.57. The molecule has 0 spiro atoms. The van der Waals surface area contributed by atoms with E-state index in [4.69, 9.17) is 0 Å². The van der Waals surface area contributed by atoms with Crippen molar-refractivity contribution in [2.24, 2.45) is 11.8 Å². The van der Waals surface area contributed by atoms with Crippen LogP contribution in [0.15, 0.2) is 0 Å². The van der Waals surface area contributed by atoms with Gasteiger partial charge in [-0.3, -0.25) is 4.79 Å². The third kappa shape index (κ3) is 0.759. The summed E-state index contributed by atoms with van der Waals surface area (Å²) < 4.78 is 25.3. The zero-order chi connectivity index (χ0) is 8.22. The zero-order valence-corrected chi connectivity index (χ0v) is 6.10. The molecule has 1 saturated carbocycles. The Morgan fingerprint density at radius 3 is 2.55 bits per heavy atom. The molecule has 1 saturated heterocycles. The molecule has 2 rings (SSSR count). The second-order valence-corrected chi connectivity index (χ2v) is 3.30. The number of carbonyl (C=O) groups is 1. The van der Waals surface area contributed by atoms with Gasteiger partial charge >= 0.3 is 0 Å². The van der Waals surface area contributed by atoms with Crippen LogP contribution in [-0.4, -0.2) is 24.3 Å². The average Bonchev–Trinajstić information content (AvgIpc) is 2.34. The molecule has 3 atom stereocenters. The van der Waals surface area contributed by atoms with Crippen molar-refractivity contribution in [1.82, 2.24) is 5.32 Å².